The molecule has 5 aromatic rings. The number of nitrogens with zero attached hydrogens (tertiary/aromatic N) is 5. The van der Waals surface area contributed by atoms with Gasteiger partial charge in [0.25, 0.3) is 0 Å². The minimum Gasteiger partial charge on any atom is -0.421 e. The monoisotopic (exact) mass is 690 g/mol. The van der Waals surface area contributed by atoms with Crippen LogP contribution in [-0.2, 0) is 27.7 Å². The quantitative estimate of drug-likeness (QED) is 0.141. The van der Waals surface area contributed by atoms with Crippen molar-refractivity contribution < 1.29 is 22.0 Å². The topological polar surface area (TPSA) is 123 Å². The number of halogens is 1. The van der Waals surface area contributed by atoms with Crippen molar-refractivity contribution in [1.82, 2.24) is 24.5 Å². The standard InChI is InChI=1S/C35H39FN6O4S2/c1-5-22(13-16-45-4)10-11-26-29(35-41-40-21(3)46-35)30(33-31(39-26)27-7-6-15-42(27)48(33,43)44)28-18-24-12-14-37-34(32(24)47-28)38-19-23-9-8-20(2)25(36)17-23/h8-9,12,14,17-18,22,27H,5-7,10-11,13,15-16,19H2,1-4H3,(H,37,38). The Labute approximate surface area is 283 Å². The van der Waals surface area contributed by atoms with Crippen LogP contribution in [0.15, 0.2) is 45.8 Å². The van der Waals surface area contributed by atoms with E-state index in [1.54, 1.807) is 37.5 Å². The summed E-state index contributed by atoms with van der Waals surface area (Å²) >= 11 is 1.46. The number of rotatable bonds is 12. The van der Waals surface area contributed by atoms with Crippen LogP contribution < -0.4 is 5.32 Å². The average Bonchev–Trinajstić information content (AvgIpc) is 3.87. The molecular formula is C35H39FN6O4S2. The molecule has 4 aromatic heterocycles. The van der Waals surface area contributed by atoms with Crippen LogP contribution in [0.1, 0.15) is 73.5 Å². The maximum absolute atomic E-state index is 14.3. The highest BCUT2D eigenvalue weighted by molar-refractivity contribution is 7.89. The normalized spacial score (nSPS) is 17.6. The molecule has 2 aliphatic rings. The zero-order chi connectivity index (χ0) is 33.6. The summed E-state index contributed by atoms with van der Waals surface area (Å²) in [6.45, 7) is 7.17. The minimum atomic E-state index is -3.85. The molecule has 1 fully saturated rings. The number of ether oxygens (including phenoxy) is 1. The van der Waals surface area contributed by atoms with Gasteiger partial charge in [-0.05, 0) is 79.7 Å². The second-order valence-electron chi connectivity index (χ2n) is 12.6. The number of hydrogen-bond donors (Lipinski definition) is 1. The Morgan fingerprint density at radius 3 is 2.77 bits per heavy atom. The third-order valence-corrected chi connectivity index (χ3v) is 12.7. The van der Waals surface area contributed by atoms with E-state index < -0.39 is 10.0 Å². The maximum Gasteiger partial charge on any atom is 0.250 e. The number of aromatic nitrogens is 4. The summed E-state index contributed by atoms with van der Waals surface area (Å²) in [7, 11) is -2.13. The summed E-state index contributed by atoms with van der Waals surface area (Å²) in [5, 5.41) is 12.8. The van der Waals surface area contributed by atoms with Gasteiger partial charge in [-0.25, -0.2) is 17.8 Å². The molecule has 1 saturated heterocycles. The van der Waals surface area contributed by atoms with Gasteiger partial charge in [-0.3, -0.25) is 4.98 Å². The van der Waals surface area contributed by atoms with E-state index in [0.29, 0.717) is 66.1 Å². The highest BCUT2D eigenvalue weighted by Gasteiger charge is 2.49. The van der Waals surface area contributed by atoms with Crippen LogP contribution in [0.25, 0.3) is 32.0 Å². The van der Waals surface area contributed by atoms with Crippen molar-refractivity contribution in [3.05, 3.63) is 70.8 Å². The fraction of sp³-hybridized carbons (Fsp3) is 0.429. The highest BCUT2D eigenvalue weighted by atomic mass is 32.2. The average molecular weight is 691 g/mol. The van der Waals surface area contributed by atoms with Crippen LogP contribution in [0.4, 0.5) is 10.2 Å². The van der Waals surface area contributed by atoms with Crippen molar-refractivity contribution in [2.24, 2.45) is 5.92 Å². The van der Waals surface area contributed by atoms with Crippen LogP contribution in [0.5, 0.6) is 0 Å². The largest absolute Gasteiger partial charge is 0.421 e. The predicted octanol–water partition coefficient (Wildman–Crippen LogP) is 7.61. The van der Waals surface area contributed by atoms with Gasteiger partial charge in [-0.2, -0.15) is 4.31 Å². The maximum atomic E-state index is 14.3. The van der Waals surface area contributed by atoms with Crippen molar-refractivity contribution in [2.75, 3.05) is 25.6 Å². The number of sulfonamides is 1. The Morgan fingerprint density at radius 1 is 1.17 bits per heavy atom. The molecule has 48 heavy (non-hydrogen) atoms. The molecule has 2 atom stereocenters. The molecule has 2 aliphatic heterocycles. The van der Waals surface area contributed by atoms with Crippen molar-refractivity contribution >= 4 is 37.3 Å². The molecule has 0 spiro atoms. The second-order valence-corrected chi connectivity index (χ2v) is 15.5. The molecule has 252 valence electrons. The van der Waals surface area contributed by atoms with Gasteiger partial charge < -0.3 is 14.5 Å². The Balaban J connectivity index is 1.39. The van der Waals surface area contributed by atoms with E-state index in [0.717, 1.165) is 58.3 Å². The third-order valence-electron chi connectivity index (χ3n) is 9.55. The summed E-state index contributed by atoms with van der Waals surface area (Å²) in [5.74, 6) is 1.44. The summed E-state index contributed by atoms with van der Waals surface area (Å²) in [6.07, 6.45) is 6.65. The van der Waals surface area contributed by atoms with Gasteiger partial charge in [0, 0.05) is 50.4 Å². The number of benzene rings is 1. The molecule has 1 N–H and O–H groups in total. The van der Waals surface area contributed by atoms with Gasteiger partial charge >= 0.3 is 0 Å². The van der Waals surface area contributed by atoms with E-state index in [9.17, 15) is 12.8 Å². The number of aryl methyl sites for hydroxylation is 3. The molecule has 0 aliphatic carbocycles. The predicted molar refractivity (Wildman–Crippen MR) is 184 cm³/mol. The first-order chi connectivity index (χ1) is 23.2. The van der Waals surface area contributed by atoms with Gasteiger partial charge in [0.05, 0.1) is 27.7 Å². The van der Waals surface area contributed by atoms with Crippen LogP contribution in [0.3, 0.4) is 0 Å². The summed E-state index contributed by atoms with van der Waals surface area (Å²) in [6, 6.07) is 8.81. The SMILES string of the molecule is CCC(CCOC)CCc1nc2c(c(-c3cc4ccnc(NCc5ccc(C)c(F)c5)c4s3)c1-c1nnc(C)o1)S(=O)(=O)N1CCCC21. The third kappa shape index (κ3) is 5.90. The summed E-state index contributed by atoms with van der Waals surface area (Å²) < 4.78 is 56.8. The highest BCUT2D eigenvalue weighted by Crippen LogP contribution is 2.53. The Kier molecular flexibility index (Phi) is 9.05. The number of hydrogen-bond acceptors (Lipinski definition) is 10. The lowest BCUT2D eigenvalue weighted by Crippen LogP contribution is -2.23. The van der Waals surface area contributed by atoms with Crippen LogP contribution in [0, 0.1) is 25.6 Å². The van der Waals surface area contributed by atoms with Gasteiger partial charge in [-0.1, -0.05) is 25.5 Å². The lowest BCUT2D eigenvalue weighted by atomic mass is 9.92. The lowest BCUT2D eigenvalue weighted by molar-refractivity contribution is 0.174. The molecule has 2 unspecified atom stereocenters. The Bertz CT molecular complexity index is 2100. The molecule has 10 nitrogen and oxygen atoms in total. The fourth-order valence-electron chi connectivity index (χ4n) is 6.91. The number of pyridine rings is 2. The zero-order valence-electron chi connectivity index (χ0n) is 27.5. The van der Waals surface area contributed by atoms with Gasteiger partial charge in [0.2, 0.25) is 21.8 Å². The number of anilines is 1. The first-order valence-corrected chi connectivity index (χ1v) is 18.7. The van der Waals surface area contributed by atoms with Crippen LogP contribution >= 0.6 is 11.3 Å². The molecule has 6 heterocycles. The summed E-state index contributed by atoms with van der Waals surface area (Å²) in [4.78, 5) is 10.8. The second kappa shape index (κ2) is 13.3. The smallest absolute Gasteiger partial charge is 0.250 e. The van der Waals surface area contributed by atoms with E-state index in [1.807, 2.05) is 18.2 Å². The van der Waals surface area contributed by atoms with Crippen molar-refractivity contribution in [3.8, 4) is 21.9 Å². The first-order valence-electron chi connectivity index (χ1n) is 16.4. The van der Waals surface area contributed by atoms with Crippen molar-refractivity contribution in [3.63, 3.8) is 0 Å². The minimum absolute atomic E-state index is 0.234. The Hall–Kier alpha value is -3.78. The number of fused-ring (bicyclic) bond motifs is 4. The van der Waals surface area contributed by atoms with Crippen LogP contribution in [-0.4, -0.2) is 53.1 Å². The van der Waals surface area contributed by atoms with Gasteiger partial charge in [0.15, 0.2) is 0 Å². The fourth-order valence-corrected chi connectivity index (χ4v) is 10.2. The summed E-state index contributed by atoms with van der Waals surface area (Å²) in [5.41, 5.74) is 3.90. The molecule has 0 saturated carbocycles. The van der Waals surface area contributed by atoms with Gasteiger partial charge in [-0.15, -0.1) is 21.5 Å². The van der Waals surface area contributed by atoms with E-state index in [-0.39, 0.29) is 22.6 Å². The number of thiophene rings is 1. The van der Waals surface area contributed by atoms with Crippen LogP contribution in [0.2, 0.25) is 0 Å². The Morgan fingerprint density at radius 2 is 2.02 bits per heavy atom. The molecule has 7 rings (SSSR count). The van der Waals surface area contributed by atoms with E-state index in [2.05, 4.69) is 27.4 Å². The van der Waals surface area contributed by atoms with E-state index >= 15 is 0 Å². The number of methoxy groups -OCH3 is 1. The molecule has 0 amide bonds. The van der Waals surface area contributed by atoms with Crippen molar-refractivity contribution in [2.45, 2.75) is 76.8 Å². The first kappa shape index (κ1) is 32.8. The van der Waals surface area contributed by atoms with E-state index in [4.69, 9.17) is 14.1 Å². The molecule has 1 aromatic carbocycles. The zero-order valence-corrected chi connectivity index (χ0v) is 29.2. The molecule has 0 bridgehead atoms. The molecule has 13 heteroatoms. The molecular weight excluding hydrogens is 652 g/mol. The van der Waals surface area contributed by atoms with Gasteiger partial charge in [0.1, 0.15) is 16.5 Å². The number of nitrogens with one attached hydrogen (secondary N) is 1. The van der Waals surface area contributed by atoms with Crippen molar-refractivity contribution in [1.29, 1.82) is 0 Å². The lowest BCUT2D eigenvalue weighted by Gasteiger charge is -2.18. The molecule has 0 radical (unpaired) electrons. The van der Waals surface area contributed by atoms with E-state index in [1.165, 1.54) is 17.4 Å².